The second-order valence-electron chi connectivity index (χ2n) is 3.45. The normalized spacial score (nSPS) is 10.7. The molecule has 0 atom stereocenters. The highest BCUT2D eigenvalue weighted by molar-refractivity contribution is 7.94. The highest BCUT2D eigenvalue weighted by Crippen LogP contribution is 2.32. The average Bonchev–Trinajstić information content (AvgIpc) is 2.37. The van der Waals surface area contributed by atoms with E-state index in [2.05, 4.69) is 14.5 Å². The summed E-state index contributed by atoms with van der Waals surface area (Å²) >= 11 is 0.908. The molecule has 0 aliphatic heterocycles. The first-order valence-corrected chi connectivity index (χ1v) is 5.56. The molecule has 2 aromatic rings. The molecule has 0 unspecified atom stereocenters. The smallest absolute Gasteiger partial charge is 0.0928 e. The molecule has 17 heavy (non-hydrogen) atoms. The Morgan fingerprint density at radius 3 is 2.76 bits per heavy atom. The van der Waals surface area contributed by atoms with E-state index in [4.69, 9.17) is 10.8 Å². The highest BCUT2D eigenvalue weighted by atomic mass is 32.2. The van der Waals surface area contributed by atoms with E-state index < -0.39 is 0 Å². The van der Waals surface area contributed by atoms with Crippen LogP contribution in [-0.2, 0) is 9.37 Å². The summed E-state index contributed by atoms with van der Waals surface area (Å²) in [6.07, 6.45) is 0. The van der Waals surface area contributed by atoms with E-state index in [0.717, 1.165) is 33.3 Å². The molecule has 2 N–H and O–H groups in total. The maximum absolute atomic E-state index is 8.09. The van der Waals surface area contributed by atoms with Crippen LogP contribution in [0.5, 0.6) is 0 Å². The molecule has 2 aromatic carbocycles. The first kappa shape index (κ1) is 12.0. The number of aryl methyl sites for hydroxylation is 1. The lowest BCUT2D eigenvalue weighted by atomic mass is 10.0. The van der Waals surface area contributed by atoms with Crippen LogP contribution in [0.4, 0.5) is 5.69 Å². The Labute approximate surface area is 102 Å². The molecular weight excluding hydrogens is 240 g/mol. The van der Waals surface area contributed by atoms with Gasteiger partial charge in [0.1, 0.15) is 0 Å². The lowest BCUT2D eigenvalue weighted by Crippen LogP contribution is -1.82. The molecule has 5 nitrogen and oxygen atoms in total. The second-order valence-corrected chi connectivity index (χ2v) is 4.22. The Morgan fingerprint density at radius 2 is 2.06 bits per heavy atom. The van der Waals surface area contributed by atoms with Crippen LogP contribution in [0.3, 0.4) is 0 Å². The number of nitrogens with zero attached hydrogens (tertiary/aromatic N) is 1. The van der Waals surface area contributed by atoms with Gasteiger partial charge in [-0.3, -0.25) is 0 Å². The Hall–Kier alpha value is -1.47. The lowest BCUT2D eigenvalue weighted by Gasteiger charge is -2.06. The van der Waals surface area contributed by atoms with Gasteiger partial charge in [-0.2, -0.15) is 5.11 Å². The van der Waals surface area contributed by atoms with E-state index in [0.29, 0.717) is 5.69 Å². The van der Waals surface area contributed by atoms with Crippen molar-refractivity contribution in [2.75, 3.05) is 0 Å². The third-order valence-electron chi connectivity index (χ3n) is 2.46. The van der Waals surface area contributed by atoms with Crippen molar-refractivity contribution < 1.29 is 14.6 Å². The molecular formula is C11H10N2O3S. The fourth-order valence-corrected chi connectivity index (χ4v) is 2.06. The molecule has 0 radical (unpaired) electrons. The van der Waals surface area contributed by atoms with Gasteiger partial charge in [-0.15, -0.1) is 4.33 Å². The number of fused-ring (bicyclic) bond motifs is 1. The summed E-state index contributed by atoms with van der Waals surface area (Å²) < 4.78 is 4.38. The Balaban J connectivity index is 2.52. The maximum Gasteiger partial charge on any atom is 0.0928 e. The van der Waals surface area contributed by atoms with Gasteiger partial charge < -0.3 is 0 Å². The molecule has 0 fully saturated rings. The van der Waals surface area contributed by atoms with Crippen LogP contribution < -0.4 is 0 Å². The van der Waals surface area contributed by atoms with Gasteiger partial charge in [0.05, 0.1) is 17.7 Å². The van der Waals surface area contributed by atoms with Gasteiger partial charge in [-0.1, -0.05) is 17.2 Å². The van der Waals surface area contributed by atoms with Crippen molar-refractivity contribution >= 4 is 28.5 Å². The summed E-state index contributed by atoms with van der Waals surface area (Å²) in [4.78, 5) is 0.789. The van der Waals surface area contributed by atoms with Crippen LogP contribution in [-0.4, -0.2) is 5.26 Å². The molecule has 0 aliphatic carbocycles. The second kappa shape index (κ2) is 5.24. The SMILES string of the molecule is Cc1ccc(N=N)c2ccc(SOOO)cc12. The van der Waals surface area contributed by atoms with Crippen LogP contribution in [0.2, 0.25) is 0 Å². The molecule has 0 amide bonds. The molecule has 0 saturated heterocycles. The largest absolute Gasteiger partial charge is 0.220 e. The lowest BCUT2D eigenvalue weighted by molar-refractivity contribution is -0.432. The summed E-state index contributed by atoms with van der Waals surface area (Å²) in [5, 5.41) is 17.0. The first-order chi connectivity index (χ1) is 8.26. The summed E-state index contributed by atoms with van der Waals surface area (Å²) in [6, 6.07) is 9.28. The van der Waals surface area contributed by atoms with E-state index in [-0.39, 0.29) is 0 Å². The molecule has 0 aromatic heterocycles. The highest BCUT2D eigenvalue weighted by Gasteiger charge is 2.05. The van der Waals surface area contributed by atoms with Crippen molar-refractivity contribution in [2.24, 2.45) is 5.11 Å². The molecule has 0 heterocycles. The quantitative estimate of drug-likeness (QED) is 0.368. The van der Waals surface area contributed by atoms with Crippen molar-refractivity contribution in [3.05, 3.63) is 35.9 Å². The summed E-state index contributed by atoms with van der Waals surface area (Å²) in [6.45, 7) is 1.98. The van der Waals surface area contributed by atoms with Crippen molar-refractivity contribution in [1.29, 1.82) is 5.53 Å². The molecule has 2 rings (SSSR count). The van der Waals surface area contributed by atoms with Crippen LogP contribution >= 0.6 is 12.0 Å². The van der Waals surface area contributed by atoms with E-state index >= 15 is 0 Å². The summed E-state index contributed by atoms with van der Waals surface area (Å²) in [5.41, 5.74) is 8.81. The minimum atomic E-state index is 0.626. The molecule has 0 aliphatic rings. The van der Waals surface area contributed by atoms with E-state index in [1.807, 2.05) is 31.2 Å². The van der Waals surface area contributed by atoms with E-state index in [1.54, 1.807) is 6.07 Å². The summed E-state index contributed by atoms with van der Waals surface area (Å²) in [5.74, 6) is 0. The molecule has 0 saturated carbocycles. The molecule has 88 valence electrons. The van der Waals surface area contributed by atoms with Gasteiger partial charge in [0, 0.05) is 10.3 Å². The van der Waals surface area contributed by atoms with E-state index in [1.165, 1.54) is 0 Å². The zero-order chi connectivity index (χ0) is 12.3. The fourth-order valence-electron chi connectivity index (χ4n) is 1.66. The average molecular weight is 250 g/mol. The zero-order valence-electron chi connectivity index (χ0n) is 9.01. The van der Waals surface area contributed by atoms with Crippen LogP contribution in [0, 0.1) is 12.5 Å². The third-order valence-corrected chi connectivity index (χ3v) is 3.04. The first-order valence-electron chi connectivity index (χ1n) is 4.82. The molecule has 0 bridgehead atoms. The van der Waals surface area contributed by atoms with Gasteiger partial charge in [0.15, 0.2) is 0 Å². The van der Waals surface area contributed by atoms with Gasteiger partial charge in [0.2, 0.25) is 0 Å². The van der Waals surface area contributed by atoms with Gasteiger partial charge in [-0.05, 0) is 36.1 Å². The van der Waals surface area contributed by atoms with Gasteiger partial charge in [0.25, 0.3) is 0 Å². The number of hydrogen-bond acceptors (Lipinski definition) is 6. The summed E-state index contributed by atoms with van der Waals surface area (Å²) in [7, 11) is 0. The van der Waals surface area contributed by atoms with Crippen LogP contribution in [0.15, 0.2) is 40.3 Å². The number of rotatable bonds is 4. The number of benzene rings is 2. The predicted molar refractivity (Wildman–Crippen MR) is 64.1 cm³/mol. The standard InChI is InChI=1S/C11H10N2O3S/c1-7-2-5-11(13-12)9-4-3-8(6-10(7)9)17-16-15-14/h2-6,12,14H,1H3. The van der Waals surface area contributed by atoms with Crippen molar-refractivity contribution in [3.63, 3.8) is 0 Å². The number of hydrogen-bond donors (Lipinski definition) is 2. The van der Waals surface area contributed by atoms with E-state index in [9.17, 15) is 0 Å². The third kappa shape index (κ3) is 2.45. The molecule has 6 heteroatoms. The van der Waals surface area contributed by atoms with Crippen LogP contribution in [0.1, 0.15) is 5.56 Å². The Bertz CT molecular complexity index is 560. The minimum absolute atomic E-state index is 0.626. The predicted octanol–water partition coefficient (Wildman–Crippen LogP) is 4.24. The Morgan fingerprint density at radius 1 is 1.24 bits per heavy atom. The minimum Gasteiger partial charge on any atom is -0.220 e. The zero-order valence-corrected chi connectivity index (χ0v) is 9.82. The Kier molecular flexibility index (Phi) is 3.70. The monoisotopic (exact) mass is 250 g/mol. The molecule has 0 spiro atoms. The fraction of sp³-hybridized carbons (Fsp3) is 0.0909. The van der Waals surface area contributed by atoms with Gasteiger partial charge >= 0.3 is 0 Å². The van der Waals surface area contributed by atoms with Crippen molar-refractivity contribution in [3.8, 4) is 0 Å². The maximum atomic E-state index is 8.09. The number of nitrogens with one attached hydrogen (secondary N) is 1. The van der Waals surface area contributed by atoms with Crippen molar-refractivity contribution in [2.45, 2.75) is 11.8 Å². The topological polar surface area (TPSA) is 74.9 Å². The van der Waals surface area contributed by atoms with Crippen molar-refractivity contribution in [1.82, 2.24) is 0 Å². The van der Waals surface area contributed by atoms with Gasteiger partial charge in [-0.25, -0.2) is 10.8 Å². The van der Waals surface area contributed by atoms with Crippen LogP contribution in [0.25, 0.3) is 10.8 Å².